The molecule has 4 rings (SSSR count). The van der Waals surface area contributed by atoms with Crippen LogP contribution in [0.5, 0.6) is 11.5 Å². The zero-order chi connectivity index (χ0) is 18.6. The number of nitrogens with zero attached hydrogens (tertiary/aromatic N) is 2. The number of para-hydroxylation sites is 2. The molecule has 27 heavy (non-hydrogen) atoms. The van der Waals surface area contributed by atoms with Gasteiger partial charge >= 0.3 is 0 Å². The molecule has 0 radical (unpaired) electrons. The molecule has 1 aromatic heterocycles. The molecule has 4 nitrogen and oxygen atoms in total. The first-order valence-corrected chi connectivity index (χ1v) is 9.82. The topological polar surface area (TPSA) is 27.3 Å². The highest BCUT2D eigenvalue weighted by atomic mass is 16.5. The number of rotatable bonds is 5. The maximum absolute atomic E-state index is 5.63. The number of hydrogen-bond donors (Lipinski definition) is 0. The van der Waals surface area contributed by atoms with Gasteiger partial charge in [0.2, 0.25) is 0 Å². The molecule has 0 spiro atoms. The molecule has 3 aromatic rings. The maximum Gasteiger partial charge on any atom is 0.262 e. The highest BCUT2D eigenvalue weighted by molar-refractivity contribution is 5.60. The minimum atomic E-state index is 0.688. The van der Waals surface area contributed by atoms with Crippen molar-refractivity contribution in [2.45, 2.75) is 39.2 Å². The summed E-state index contributed by atoms with van der Waals surface area (Å²) >= 11 is 0. The number of fused-ring (bicyclic) bond motifs is 1. The van der Waals surface area contributed by atoms with Gasteiger partial charge in [0.15, 0.2) is 17.1 Å². The van der Waals surface area contributed by atoms with Crippen LogP contribution in [0.3, 0.4) is 0 Å². The van der Waals surface area contributed by atoms with Crippen molar-refractivity contribution in [3.05, 3.63) is 60.6 Å². The van der Waals surface area contributed by atoms with Crippen molar-refractivity contribution in [1.82, 2.24) is 4.57 Å². The Hall–Kier alpha value is -2.75. The summed E-state index contributed by atoms with van der Waals surface area (Å²) in [5.74, 6) is 3.17. The fourth-order valence-corrected chi connectivity index (χ4v) is 3.93. The summed E-state index contributed by atoms with van der Waals surface area (Å²) in [6, 6.07) is 16.7. The van der Waals surface area contributed by atoms with Gasteiger partial charge in [0.25, 0.3) is 5.82 Å². The van der Waals surface area contributed by atoms with Crippen LogP contribution in [0.15, 0.2) is 54.7 Å². The van der Waals surface area contributed by atoms with Crippen LogP contribution in [0.25, 0.3) is 16.9 Å². The van der Waals surface area contributed by atoms with Crippen LogP contribution in [0.1, 0.15) is 32.0 Å². The van der Waals surface area contributed by atoms with Crippen LogP contribution in [0.4, 0.5) is 0 Å². The summed E-state index contributed by atoms with van der Waals surface area (Å²) in [5, 5.41) is 0. The Kier molecular flexibility index (Phi) is 5.14. The molecule has 2 aromatic carbocycles. The normalized spacial score (nSPS) is 13.7. The van der Waals surface area contributed by atoms with E-state index in [0.717, 1.165) is 30.2 Å². The fraction of sp³-hybridized carbons (Fsp3) is 0.348. The first-order chi connectivity index (χ1) is 13.3. The van der Waals surface area contributed by atoms with Crippen molar-refractivity contribution in [1.29, 1.82) is 0 Å². The molecular weight excluding hydrogens is 336 g/mol. The van der Waals surface area contributed by atoms with Gasteiger partial charge in [0.05, 0.1) is 20.3 Å². The molecule has 0 saturated carbocycles. The first kappa shape index (κ1) is 17.7. The Labute approximate surface area is 161 Å². The van der Waals surface area contributed by atoms with Gasteiger partial charge in [-0.25, -0.2) is 4.57 Å². The van der Waals surface area contributed by atoms with Gasteiger partial charge < -0.3 is 9.47 Å². The van der Waals surface area contributed by atoms with E-state index in [1.165, 1.54) is 36.3 Å². The van der Waals surface area contributed by atoms with E-state index >= 15 is 0 Å². The zero-order valence-electron chi connectivity index (χ0n) is 16.1. The Bertz CT molecular complexity index is 913. The molecule has 0 bridgehead atoms. The number of methoxy groups -OCH3 is 1. The SMILES string of the molecule is CCOc1ccc(-c2c[n+](-c3ccccc3OC)c3n2CCCCC3)cc1. The molecule has 1 aliphatic heterocycles. The van der Waals surface area contributed by atoms with E-state index in [0.29, 0.717) is 6.61 Å². The molecule has 4 heteroatoms. The van der Waals surface area contributed by atoms with Crippen molar-refractivity contribution < 1.29 is 14.0 Å². The van der Waals surface area contributed by atoms with Crippen LogP contribution in [0.2, 0.25) is 0 Å². The molecule has 0 amide bonds. The van der Waals surface area contributed by atoms with Gasteiger partial charge in [0, 0.05) is 12.0 Å². The van der Waals surface area contributed by atoms with Crippen LogP contribution in [-0.2, 0) is 13.0 Å². The second-order valence-electron chi connectivity index (χ2n) is 6.89. The molecule has 0 atom stereocenters. The number of benzene rings is 2. The fourth-order valence-electron chi connectivity index (χ4n) is 3.93. The van der Waals surface area contributed by atoms with Gasteiger partial charge in [0.1, 0.15) is 11.9 Å². The van der Waals surface area contributed by atoms with Crippen molar-refractivity contribution in [2.24, 2.45) is 0 Å². The molecular formula is C23H27N2O2+. The lowest BCUT2D eigenvalue weighted by Crippen LogP contribution is -2.34. The third-order valence-corrected chi connectivity index (χ3v) is 5.22. The van der Waals surface area contributed by atoms with E-state index in [9.17, 15) is 0 Å². The standard InChI is InChI=1S/C23H27N2O2/c1-3-27-19-14-12-18(13-15-19)21-17-25(20-9-6-7-10-22(20)26-2)23-11-5-4-8-16-24(21)23/h6-7,9-10,12-15,17H,3-5,8,11,16H2,1-2H3/q+1. The summed E-state index contributed by atoms with van der Waals surface area (Å²) in [6.07, 6.45) is 7.05. The van der Waals surface area contributed by atoms with Gasteiger partial charge in [-0.05, 0) is 62.6 Å². The van der Waals surface area contributed by atoms with Gasteiger partial charge in [-0.2, -0.15) is 4.57 Å². The molecule has 0 saturated heterocycles. The van der Waals surface area contributed by atoms with E-state index in [2.05, 4.69) is 51.7 Å². The summed E-state index contributed by atoms with van der Waals surface area (Å²) in [4.78, 5) is 0. The second kappa shape index (κ2) is 7.87. The number of hydrogen-bond acceptors (Lipinski definition) is 2. The van der Waals surface area contributed by atoms with Gasteiger partial charge in [-0.3, -0.25) is 0 Å². The van der Waals surface area contributed by atoms with E-state index in [1.54, 1.807) is 7.11 Å². The summed E-state index contributed by atoms with van der Waals surface area (Å²) in [6.45, 7) is 3.75. The minimum absolute atomic E-state index is 0.688. The Balaban J connectivity index is 1.84. The molecule has 0 unspecified atom stereocenters. The van der Waals surface area contributed by atoms with Gasteiger partial charge in [-0.1, -0.05) is 12.1 Å². The number of ether oxygens (including phenoxy) is 2. The van der Waals surface area contributed by atoms with Crippen molar-refractivity contribution >= 4 is 0 Å². The van der Waals surface area contributed by atoms with Crippen molar-refractivity contribution in [3.8, 4) is 28.4 Å². The van der Waals surface area contributed by atoms with Crippen molar-refractivity contribution in [3.63, 3.8) is 0 Å². The minimum Gasteiger partial charge on any atom is -0.494 e. The lowest BCUT2D eigenvalue weighted by Gasteiger charge is -2.06. The molecule has 0 aliphatic carbocycles. The molecule has 140 valence electrons. The van der Waals surface area contributed by atoms with Crippen LogP contribution in [-0.4, -0.2) is 18.3 Å². The first-order valence-electron chi connectivity index (χ1n) is 9.82. The molecule has 1 aliphatic rings. The lowest BCUT2D eigenvalue weighted by molar-refractivity contribution is -0.604. The van der Waals surface area contributed by atoms with Crippen LogP contribution in [0, 0.1) is 0 Å². The summed E-state index contributed by atoms with van der Waals surface area (Å²) in [7, 11) is 1.74. The third-order valence-electron chi connectivity index (χ3n) is 5.22. The molecule has 0 N–H and O–H groups in total. The summed E-state index contributed by atoms with van der Waals surface area (Å²) < 4.78 is 16.0. The Morgan fingerprint density at radius 2 is 1.81 bits per heavy atom. The number of aromatic nitrogens is 2. The van der Waals surface area contributed by atoms with Crippen molar-refractivity contribution in [2.75, 3.05) is 13.7 Å². The lowest BCUT2D eigenvalue weighted by atomic mass is 10.1. The predicted molar refractivity (Wildman–Crippen MR) is 107 cm³/mol. The van der Waals surface area contributed by atoms with Crippen LogP contribution < -0.4 is 14.0 Å². The Morgan fingerprint density at radius 3 is 2.59 bits per heavy atom. The third kappa shape index (κ3) is 3.44. The average molecular weight is 363 g/mol. The highest BCUT2D eigenvalue weighted by Gasteiger charge is 2.28. The monoisotopic (exact) mass is 363 g/mol. The van der Waals surface area contributed by atoms with E-state index in [-0.39, 0.29) is 0 Å². The quantitative estimate of drug-likeness (QED) is 0.621. The maximum atomic E-state index is 5.63. The van der Waals surface area contributed by atoms with E-state index in [1.807, 2.05) is 19.1 Å². The van der Waals surface area contributed by atoms with E-state index < -0.39 is 0 Å². The molecule has 2 heterocycles. The number of imidazole rings is 1. The Morgan fingerprint density at radius 1 is 1.00 bits per heavy atom. The van der Waals surface area contributed by atoms with E-state index in [4.69, 9.17) is 9.47 Å². The molecule has 0 fully saturated rings. The zero-order valence-corrected chi connectivity index (χ0v) is 16.1. The largest absolute Gasteiger partial charge is 0.494 e. The van der Waals surface area contributed by atoms with Crippen LogP contribution >= 0.6 is 0 Å². The summed E-state index contributed by atoms with van der Waals surface area (Å²) in [5.41, 5.74) is 3.57. The van der Waals surface area contributed by atoms with Gasteiger partial charge in [-0.15, -0.1) is 0 Å². The highest BCUT2D eigenvalue weighted by Crippen LogP contribution is 2.28. The smallest absolute Gasteiger partial charge is 0.262 e. The average Bonchev–Trinajstić information content (AvgIpc) is 2.89. The second-order valence-corrected chi connectivity index (χ2v) is 6.89. The predicted octanol–water partition coefficient (Wildman–Crippen LogP) is 4.57.